The summed E-state index contributed by atoms with van der Waals surface area (Å²) in [6, 6.07) is 8.21. The fourth-order valence-corrected chi connectivity index (χ4v) is 3.80. The molecule has 1 aromatic carbocycles. The van der Waals surface area contributed by atoms with Gasteiger partial charge in [-0.3, -0.25) is 0 Å². The van der Waals surface area contributed by atoms with Gasteiger partial charge in [0.05, 0.1) is 0 Å². The number of benzene rings is 1. The topological polar surface area (TPSA) is 0 Å². The average Bonchev–Trinajstić information content (AvgIpc) is 2.61. The molecule has 2 rings (SSSR count). The van der Waals surface area contributed by atoms with E-state index in [4.69, 9.17) is 11.6 Å². The van der Waals surface area contributed by atoms with E-state index in [9.17, 15) is 0 Å². The highest BCUT2D eigenvalue weighted by molar-refractivity contribution is 9.09. The molecule has 1 saturated carbocycles. The Morgan fingerprint density at radius 2 is 1.76 bits per heavy atom. The summed E-state index contributed by atoms with van der Waals surface area (Å²) in [7, 11) is 0. The molecule has 1 unspecified atom stereocenters. The van der Waals surface area contributed by atoms with E-state index in [2.05, 4.69) is 28.1 Å². The van der Waals surface area contributed by atoms with Crippen LogP contribution in [0, 0.1) is 5.92 Å². The SMILES string of the molecule is Clc1ccccc1CC(Br)C1CCCCCC1. The van der Waals surface area contributed by atoms with Gasteiger partial charge in [0.15, 0.2) is 0 Å². The molecule has 1 aromatic rings. The van der Waals surface area contributed by atoms with E-state index in [0.29, 0.717) is 4.83 Å². The van der Waals surface area contributed by atoms with E-state index in [1.807, 2.05) is 12.1 Å². The molecule has 0 amide bonds. The Morgan fingerprint density at radius 1 is 1.12 bits per heavy atom. The van der Waals surface area contributed by atoms with Crippen LogP contribution in [0.1, 0.15) is 44.1 Å². The van der Waals surface area contributed by atoms with Crippen LogP contribution in [0.4, 0.5) is 0 Å². The smallest absolute Gasteiger partial charge is 0.0438 e. The molecule has 0 saturated heterocycles. The predicted octanol–water partition coefficient (Wildman–Crippen LogP) is 5.62. The molecular formula is C15H20BrCl. The van der Waals surface area contributed by atoms with Gasteiger partial charge >= 0.3 is 0 Å². The summed E-state index contributed by atoms with van der Waals surface area (Å²) in [5.41, 5.74) is 1.28. The zero-order valence-corrected chi connectivity index (χ0v) is 12.5. The van der Waals surface area contributed by atoms with Gasteiger partial charge in [-0.2, -0.15) is 0 Å². The number of halogens is 2. The summed E-state index contributed by atoms with van der Waals surface area (Å²) in [6.07, 6.45) is 9.44. The van der Waals surface area contributed by atoms with Crippen molar-refractivity contribution in [3.05, 3.63) is 34.9 Å². The lowest BCUT2D eigenvalue weighted by molar-refractivity contribution is 0.445. The van der Waals surface area contributed by atoms with Crippen LogP contribution >= 0.6 is 27.5 Å². The number of rotatable bonds is 3. The van der Waals surface area contributed by atoms with Crippen LogP contribution in [-0.4, -0.2) is 4.83 Å². The standard InChI is InChI=1S/C15H20BrCl/c16-14(12-7-3-1-2-4-8-12)11-13-9-5-6-10-15(13)17/h5-6,9-10,12,14H,1-4,7-8,11H2. The second kappa shape index (κ2) is 6.80. The van der Waals surface area contributed by atoms with Crippen LogP contribution in [0.5, 0.6) is 0 Å². The zero-order chi connectivity index (χ0) is 12.1. The molecule has 2 heteroatoms. The molecule has 1 aliphatic rings. The summed E-state index contributed by atoms with van der Waals surface area (Å²) in [6.45, 7) is 0. The normalized spacial score (nSPS) is 19.9. The third kappa shape index (κ3) is 3.99. The maximum atomic E-state index is 6.22. The molecule has 0 nitrogen and oxygen atoms in total. The molecule has 94 valence electrons. The van der Waals surface area contributed by atoms with Crippen molar-refractivity contribution in [1.29, 1.82) is 0 Å². The number of hydrogen-bond acceptors (Lipinski definition) is 0. The van der Waals surface area contributed by atoms with Crippen LogP contribution in [0.15, 0.2) is 24.3 Å². The van der Waals surface area contributed by atoms with E-state index < -0.39 is 0 Å². The maximum Gasteiger partial charge on any atom is 0.0438 e. The molecule has 0 bridgehead atoms. The quantitative estimate of drug-likeness (QED) is 0.502. The van der Waals surface area contributed by atoms with Crippen molar-refractivity contribution in [3.63, 3.8) is 0 Å². The number of alkyl halides is 1. The minimum atomic E-state index is 0.584. The van der Waals surface area contributed by atoms with Crippen molar-refractivity contribution >= 4 is 27.5 Å². The number of hydrogen-bond donors (Lipinski definition) is 0. The molecule has 0 radical (unpaired) electrons. The average molecular weight is 316 g/mol. The molecule has 1 atom stereocenters. The van der Waals surface area contributed by atoms with E-state index in [1.54, 1.807) is 0 Å². The third-order valence-electron chi connectivity index (χ3n) is 3.78. The fraction of sp³-hybridized carbons (Fsp3) is 0.600. The van der Waals surface area contributed by atoms with Gasteiger partial charge in [-0.15, -0.1) is 0 Å². The summed E-state index contributed by atoms with van der Waals surface area (Å²) in [5.74, 6) is 0.828. The first kappa shape index (κ1) is 13.4. The van der Waals surface area contributed by atoms with Crippen molar-refractivity contribution in [2.45, 2.75) is 49.8 Å². The lowest BCUT2D eigenvalue weighted by Gasteiger charge is -2.21. The molecule has 1 fully saturated rings. The van der Waals surface area contributed by atoms with Crippen LogP contribution in [0.25, 0.3) is 0 Å². The van der Waals surface area contributed by atoms with Crippen LogP contribution in [0.3, 0.4) is 0 Å². The van der Waals surface area contributed by atoms with E-state index in [-0.39, 0.29) is 0 Å². The first-order valence-corrected chi connectivity index (χ1v) is 7.94. The van der Waals surface area contributed by atoms with E-state index in [0.717, 1.165) is 17.4 Å². The molecule has 0 N–H and O–H groups in total. The Bertz CT molecular complexity index is 343. The van der Waals surface area contributed by atoms with Gasteiger partial charge in [-0.25, -0.2) is 0 Å². The minimum Gasteiger partial charge on any atom is -0.0884 e. The van der Waals surface area contributed by atoms with Crippen LogP contribution in [0.2, 0.25) is 5.02 Å². The minimum absolute atomic E-state index is 0.584. The lowest BCUT2D eigenvalue weighted by Crippen LogP contribution is -2.16. The Kier molecular flexibility index (Phi) is 5.37. The molecular weight excluding hydrogens is 296 g/mol. The van der Waals surface area contributed by atoms with E-state index in [1.165, 1.54) is 44.1 Å². The Labute approximate surface area is 118 Å². The Morgan fingerprint density at radius 3 is 2.41 bits per heavy atom. The van der Waals surface area contributed by atoms with Crippen molar-refractivity contribution < 1.29 is 0 Å². The monoisotopic (exact) mass is 314 g/mol. The highest BCUT2D eigenvalue weighted by atomic mass is 79.9. The first-order chi connectivity index (χ1) is 8.27. The molecule has 17 heavy (non-hydrogen) atoms. The summed E-state index contributed by atoms with van der Waals surface area (Å²) >= 11 is 10.1. The lowest BCUT2D eigenvalue weighted by atomic mass is 9.93. The molecule has 1 aliphatic carbocycles. The summed E-state index contributed by atoms with van der Waals surface area (Å²) in [4.78, 5) is 0.584. The first-order valence-electron chi connectivity index (χ1n) is 6.65. The van der Waals surface area contributed by atoms with Crippen molar-refractivity contribution in [2.75, 3.05) is 0 Å². The van der Waals surface area contributed by atoms with Crippen molar-refractivity contribution in [3.8, 4) is 0 Å². The molecule has 0 spiro atoms. The van der Waals surface area contributed by atoms with Gasteiger partial charge in [0, 0.05) is 9.85 Å². The van der Waals surface area contributed by atoms with Gasteiger partial charge < -0.3 is 0 Å². The van der Waals surface area contributed by atoms with Gasteiger partial charge in [0.25, 0.3) is 0 Å². The van der Waals surface area contributed by atoms with Crippen LogP contribution < -0.4 is 0 Å². The van der Waals surface area contributed by atoms with Gasteiger partial charge in [-0.05, 0) is 36.8 Å². The molecule has 0 aliphatic heterocycles. The second-order valence-corrected chi connectivity index (χ2v) is 6.65. The highest BCUT2D eigenvalue weighted by Crippen LogP contribution is 2.32. The van der Waals surface area contributed by atoms with Gasteiger partial charge in [0.2, 0.25) is 0 Å². The van der Waals surface area contributed by atoms with Crippen molar-refractivity contribution in [1.82, 2.24) is 0 Å². The largest absolute Gasteiger partial charge is 0.0884 e. The highest BCUT2D eigenvalue weighted by Gasteiger charge is 2.21. The second-order valence-electron chi connectivity index (χ2n) is 5.06. The fourth-order valence-electron chi connectivity index (χ4n) is 2.71. The zero-order valence-electron chi connectivity index (χ0n) is 10.2. The Balaban J connectivity index is 1.95. The summed E-state index contributed by atoms with van der Waals surface area (Å²) < 4.78 is 0. The van der Waals surface area contributed by atoms with Gasteiger partial charge in [-0.1, -0.05) is 71.4 Å². The molecule has 0 heterocycles. The van der Waals surface area contributed by atoms with E-state index >= 15 is 0 Å². The third-order valence-corrected chi connectivity index (χ3v) is 5.22. The maximum absolute atomic E-state index is 6.22. The molecule has 0 aromatic heterocycles. The Hall–Kier alpha value is -0.0100. The van der Waals surface area contributed by atoms with Crippen molar-refractivity contribution in [2.24, 2.45) is 5.92 Å². The summed E-state index contributed by atoms with van der Waals surface area (Å²) in [5, 5.41) is 0.908. The van der Waals surface area contributed by atoms with Gasteiger partial charge in [0.1, 0.15) is 0 Å². The predicted molar refractivity (Wildman–Crippen MR) is 79.1 cm³/mol. The van der Waals surface area contributed by atoms with Crippen LogP contribution in [-0.2, 0) is 6.42 Å².